The molecule has 2 rings (SSSR count). The summed E-state index contributed by atoms with van der Waals surface area (Å²) >= 11 is 5.85. The molecular formula is C13H13ClFNO3. The highest BCUT2D eigenvalue weighted by Gasteiger charge is 2.31. The van der Waals surface area contributed by atoms with Gasteiger partial charge in [0.1, 0.15) is 5.82 Å². The lowest BCUT2D eigenvalue weighted by atomic mass is 10.1. The molecule has 1 aliphatic rings. The molecule has 1 fully saturated rings. The minimum absolute atomic E-state index is 0.141. The number of carboxylic acid groups (broad SMARTS) is 1. The van der Waals surface area contributed by atoms with Crippen molar-refractivity contribution >= 4 is 23.5 Å². The quantitative estimate of drug-likeness (QED) is 0.923. The molecule has 1 saturated heterocycles. The Morgan fingerprint density at radius 2 is 2.21 bits per heavy atom. The van der Waals surface area contributed by atoms with Crippen molar-refractivity contribution < 1.29 is 19.1 Å². The minimum atomic E-state index is -0.903. The van der Waals surface area contributed by atoms with E-state index in [0.717, 1.165) is 0 Å². The van der Waals surface area contributed by atoms with Crippen molar-refractivity contribution in [3.8, 4) is 0 Å². The Hall–Kier alpha value is -1.62. The number of amides is 1. The number of carbonyl (C=O) groups excluding carboxylic acids is 1. The molecule has 1 aliphatic heterocycles. The molecule has 6 heteroatoms. The molecule has 1 atom stereocenters. The third-order valence-corrected chi connectivity index (χ3v) is 3.63. The summed E-state index contributed by atoms with van der Waals surface area (Å²) in [4.78, 5) is 24.3. The predicted octanol–water partition coefficient (Wildman–Crippen LogP) is 1.95. The van der Waals surface area contributed by atoms with Gasteiger partial charge >= 0.3 is 5.97 Å². The number of nitrogens with zero attached hydrogens (tertiary/aromatic N) is 1. The van der Waals surface area contributed by atoms with Gasteiger partial charge in [-0.2, -0.15) is 0 Å². The molecule has 0 aromatic heterocycles. The van der Waals surface area contributed by atoms with Crippen LogP contribution in [0.5, 0.6) is 0 Å². The lowest BCUT2D eigenvalue weighted by Crippen LogP contribution is -2.31. The van der Waals surface area contributed by atoms with Crippen LogP contribution in [0.25, 0.3) is 0 Å². The second-order valence-electron chi connectivity index (χ2n) is 4.54. The lowest BCUT2D eigenvalue weighted by molar-refractivity contribution is -0.141. The maximum Gasteiger partial charge on any atom is 0.308 e. The van der Waals surface area contributed by atoms with E-state index in [0.29, 0.717) is 13.0 Å². The summed E-state index contributed by atoms with van der Waals surface area (Å²) in [5.74, 6) is -2.25. The number of carboxylic acids is 1. The molecule has 1 N–H and O–H groups in total. The minimum Gasteiger partial charge on any atom is -0.481 e. The highest BCUT2D eigenvalue weighted by atomic mass is 35.5. The van der Waals surface area contributed by atoms with Crippen molar-refractivity contribution in [1.82, 2.24) is 4.90 Å². The van der Waals surface area contributed by atoms with E-state index in [1.165, 1.54) is 23.1 Å². The Balaban J connectivity index is 2.04. The highest BCUT2D eigenvalue weighted by Crippen LogP contribution is 2.22. The number of halogens is 2. The van der Waals surface area contributed by atoms with Gasteiger partial charge in [-0.25, -0.2) is 4.39 Å². The average Bonchev–Trinajstić information content (AvgIpc) is 2.83. The summed E-state index contributed by atoms with van der Waals surface area (Å²) in [6.07, 6.45) is 0.296. The second-order valence-corrected chi connectivity index (χ2v) is 4.95. The van der Waals surface area contributed by atoms with Crippen molar-refractivity contribution in [2.45, 2.75) is 12.8 Å². The molecule has 1 aromatic carbocycles. The average molecular weight is 286 g/mol. The van der Waals surface area contributed by atoms with Gasteiger partial charge in [-0.1, -0.05) is 17.7 Å². The Morgan fingerprint density at radius 3 is 2.79 bits per heavy atom. The number of rotatable bonds is 3. The van der Waals surface area contributed by atoms with Gasteiger partial charge in [-0.3, -0.25) is 9.59 Å². The summed E-state index contributed by atoms with van der Waals surface area (Å²) in [6.45, 7) is 0.572. The Labute approximate surface area is 114 Å². The molecule has 0 bridgehead atoms. The molecule has 0 saturated carbocycles. The van der Waals surface area contributed by atoms with Crippen LogP contribution >= 0.6 is 11.6 Å². The standard InChI is InChI=1S/C13H13ClFNO3/c14-10-2-1-3-11(15)9(10)6-12(17)16-5-4-8(7-16)13(18)19/h1-3,8H,4-7H2,(H,18,19). The SMILES string of the molecule is O=C(O)C1CCN(C(=O)Cc2c(F)cccc2Cl)C1. The normalized spacial score (nSPS) is 18.6. The van der Waals surface area contributed by atoms with E-state index in [1.807, 2.05) is 0 Å². The Kier molecular flexibility index (Phi) is 4.04. The van der Waals surface area contributed by atoms with Crippen molar-refractivity contribution in [2.75, 3.05) is 13.1 Å². The van der Waals surface area contributed by atoms with Crippen molar-refractivity contribution in [3.05, 3.63) is 34.6 Å². The maximum absolute atomic E-state index is 13.6. The van der Waals surface area contributed by atoms with Crippen LogP contribution in [0.3, 0.4) is 0 Å². The molecule has 4 nitrogen and oxygen atoms in total. The molecule has 0 radical (unpaired) electrons. The lowest BCUT2D eigenvalue weighted by Gasteiger charge is -2.16. The molecule has 1 aromatic rings. The van der Waals surface area contributed by atoms with Crippen LogP contribution in [0.2, 0.25) is 5.02 Å². The topological polar surface area (TPSA) is 57.6 Å². The zero-order valence-corrected chi connectivity index (χ0v) is 10.9. The number of hydrogen-bond acceptors (Lipinski definition) is 2. The molecule has 1 heterocycles. The molecule has 102 valence electrons. The van der Waals surface area contributed by atoms with Gasteiger partial charge in [0.2, 0.25) is 5.91 Å². The van der Waals surface area contributed by atoms with E-state index in [-0.39, 0.29) is 29.5 Å². The third-order valence-electron chi connectivity index (χ3n) is 3.28. The maximum atomic E-state index is 13.6. The Bertz CT molecular complexity index is 500. The van der Waals surface area contributed by atoms with Gasteiger partial charge in [0.05, 0.1) is 12.3 Å². The van der Waals surface area contributed by atoms with Crippen LogP contribution in [0.15, 0.2) is 18.2 Å². The fourth-order valence-corrected chi connectivity index (χ4v) is 2.38. The van der Waals surface area contributed by atoms with Gasteiger partial charge in [0.25, 0.3) is 0 Å². The zero-order chi connectivity index (χ0) is 14.0. The molecule has 19 heavy (non-hydrogen) atoms. The largest absolute Gasteiger partial charge is 0.481 e. The van der Waals surface area contributed by atoms with Crippen LogP contribution < -0.4 is 0 Å². The molecule has 0 aliphatic carbocycles. The van der Waals surface area contributed by atoms with E-state index >= 15 is 0 Å². The molecule has 0 spiro atoms. The number of hydrogen-bond donors (Lipinski definition) is 1. The van der Waals surface area contributed by atoms with Crippen LogP contribution in [0, 0.1) is 11.7 Å². The van der Waals surface area contributed by atoms with E-state index in [4.69, 9.17) is 16.7 Å². The predicted molar refractivity (Wildman–Crippen MR) is 67.4 cm³/mol. The molecule has 1 unspecified atom stereocenters. The summed E-state index contributed by atoms with van der Waals surface area (Å²) < 4.78 is 13.6. The van der Waals surface area contributed by atoms with Gasteiger partial charge < -0.3 is 10.0 Å². The molecule has 1 amide bonds. The summed E-state index contributed by atoms with van der Waals surface area (Å²) in [5.41, 5.74) is 0.160. The Morgan fingerprint density at radius 1 is 1.47 bits per heavy atom. The first kappa shape index (κ1) is 13.8. The smallest absolute Gasteiger partial charge is 0.308 e. The van der Waals surface area contributed by atoms with Crippen LogP contribution in [0.4, 0.5) is 4.39 Å². The number of benzene rings is 1. The highest BCUT2D eigenvalue weighted by molar-refractivity contribution is 6.31. The number of likely N-dealkylation sites (tertiary alicyclic amines) is 1. The molecular weight excluding hydrogens is 273 g/mol. The van der Waals surface area contributed by atoms with Gasteiger partial charge in [-0.15, -0.1) is 0 Å². The second kappa shape index (κ2) is 5.57. The van der Waals surface area contributed by atoms with E-state index in [1.54, 1.807) is 0 Å². The van der Waals surface area contributed by atoms with E-state index in [9.17, 15) is 14.0 Å². The fraction of sp³-hybridized carbons (Fsp3) is 0.385. The third kappa shape index (κ3) is 3.04. The number of carbonyl (C=O) groups is 2. The van der Waals surface area contributed by atoms with Gasteiger partial charge in [0, 0.05) is 23.7 Å². The number of aliphatic carboxylic acids is 1. The van der Waals surface area contributed by atoms with Crippen molar-refractivity contribution in [2.24, 2.45) is 5.92 Å². The summed E-state index contributed by atoms with van der Waals surface area (Å²) in [6, 6.07) is 4.25. The van der Waals surface area contributed by atoms with Crippen LogP contribution in [-0.2, 0) is 16.0 Å². The first-order valence-electron chi connectivity index (χ1n) is 5.92. The zero-order valence-electron chi connectivity index (χ0n) is 10.1. The van der Waals surface area contributed by atoms with Crippen molar-refractivity contribution in [1.29, 1.82) is 0 Å². The summed E-state index contributed by atoms with van der Waals surface area (Å²) in [5, 5.41) is 9.08. The fourth-order valence-electron chi connectivity index (χ4n) is 2.15. The van der Waals surface area contributed by atoms with Crippen molar-refractivity contribution in [3.63, 3.8) is 0 Å². The monoisotopic (exact) mass is 285 g/mol. The summed E-state index contributed by atoms with van der Waals surface area (Å²) in [7, 11) is 0. The van der Waals surface area contributed by atoms with E-state index in [2.05, 4.69) is 0 Å². The van der Waals surface area contributed by atoms with Gasteiger partial charge in [-0.05, 0) is 18.6 Å². The first-order valence-corrected chi connectivity index (χ1v) is 6.30. The van der Waals surface area contributed by atoms with Crippen LogP contribution in [-0.4, -0.2) is 35.0 Å². The van der Waals surface area contributed by atoms with E-state index < -0.39 is 17.7 Å². The van der Waals surface area contributed by atoms with Crippen LogP contribution in [0.1, 0.15) is 12.0 Å². The first-order chi connectivity index (χ1) is 8.99. The van der Waals surface area contributed by atoms with Gasteiger partial charge in [0.15, 0.2) is 0 Å².